The second-order valence-electron chi connectivity index (χ2n) is 11.6. The van der Waals surface area contributed by atoms with Crippen molar-refractivity contribution < 1.29 is 8.82 Å². The molecule has 0 spiro atoms. The van der Waals surface area contributed by atoms with Crippen molar-refractivity contribution in [3.63, 3.8) is 0 Å². The average molecular weight is 692 g/mol. The summed E-state index contributed by atoms with van der Waals surface area (Å²) in [5.74, 6) is 0.737. The van der Waals surface area contributed by atoms with Crippen molar-refractivity contribution in [2.24, 2.45) is 0 Å². The Bertz CT molecular complexity index is 1440. The number of nitrogens with zero attached hydrogens (tertiary/aromatic N) is 1. The van der Waals surface area contributed by atoms with Crippen LogP contribution in [-0.2, 0) is 6.42 Å². The van der Waals surface area contributed by atoms with Crippen LogP contribution in [-0.4, -0.2) is 42.8 Å². The molecule has 0 aliphatic rings. The number of halogens is 2. The number of aromatic nitrogens is 1. The topological polar surface area (TPSA) is 22.1 Å². The fourth-order valence-electron chi connectivity index (χ4n) is 4.03. The van der Waals surface area contributed by atoms with Crippen molar-refractivity contribution >= 4 is 53.8 Å². The molecule has 0 aliphatic heterocycles. The van der Waals surface area contributed by atoms with E-state index in [0.29, 0.717) is 17.0 Å². The van der Waals surface area contributed by atoms with E-state index in [4.69, 9.17) is 21.0 Å². The molecular formula is C32H37ClFNOSe2Si. The van der Waals surface area contributed by atoms with Crippen molar-refractivity contribution in [2.45, 2.75) is 70.9 Å². The molecule has 1 heterocycles. The molecule has 1 aromatic heterocycles. The number of aryl methyl sites for hydroxylation is 3. The monoisotopic (exact) mass is 693 g/mol. The summed E-state index contributed by atoms with van der Waals surface area (Å²) in [5, 5.41) is 0.629. The van der Waals surface area contributed by atoms with E-state index in [1.807, 2.05) is 0 Å². The van der Waals surface area contributed by atoms with Crippen LogP contribution < -0.4 is 8.89 Å². The van der Waals surface area contributed by atoms with Crippen LogP contribution >= 0.6 is 11.6 Å². The van der Waals surface area contributed by atoms with Crippen LogP contribution in [0.4, 0.5) is 4.39 Å². The molecule has 4 rings (SSSR count). The van der Waals surface area contributed by atoms with E-state index in [0.717, 1.165) is 21.6 Å². The van der Waals surface area contributed by atoms with E-state index in [9.17, 15) is 4.39 Å². The fraction of sp³-hybridized carbons (Fsp3) is 0.344. The first kappa shape index (κ1) is 30.3. The SMILES string of the molecule is Cc1ccc(-c2nc(C)c(C(Cc3c(F)cccc3Cl)[Se]c3ccc(O[Si](C)(C)C(C)(C)C)c(C)c3)[se]2)cc1. The van der Waals surface area contributed by atoms with E-state index in [1.165, 1.54) is 26.1 Å². The molecule has 39 heavy (non-hydrogen) atoms. The Kier molecular flexibility index (Phi) is 9.38. The van der Waals surface area contributed by atoms with Crippen molar-refractivity contribution in [1.82, 2.24) is 4.98 Å². The van der Waals surface area contributed by atoms with E-state index in [-0.39, 0.29) is 45.1 Å². The van der Waals surface area contributed by atoms with Crippen LogP contribution in [0.1, 0.15) is 52.4 Å². The summed E-state index contributed by atoms with van der Waals surface area (Å²) >= 11 is 6.65. The van der Waals surface area contributed by atoms with Crippen molar-refractivity contribution in [3.8, 4) is 15.9 Å². The summed E-state index contributed by atoms with van der Waals surface area (Å²) in [4.78, 5) is 5.16. The van der Waals surface area contributed by atoms with Crippen LogP contribution in [0.2, 0.25) is 23.2 Å². The van der Waals surface area contributed by atoms with Gasteiger partial charge in [-0.2, -0.15) is 0 Å². The molecule has 7 heteroatoms. The van der Waals surface area contributed by atoms with Crippen molar-refractivity contribution in [1.29, 1.82) is 0 Å². The standard InChI is InChI=1S/C32H37ClFNOSe2Si/c1-20-12-14-23(15-13-20)31-35-22(3)30(38-31)29(19-25-26(33)10-9-11-27(25)34)37-24-16-17-28(21(2)18-24)36-39(7,8)32(4,5)6/h9-18,29H,19H2,1-8H3. The molecule has 4 aromatic rings. The van der Waals surface area contributed by atoms with Crippen LogP contribution in [0.5, 0.6) is 5.75 Å². The number of hydrogen-bond donors (Lipinski definition) is 0. The third-order valence-electron chi connectivity index (χ3n) is 7.47. The fourth-order valence-corrected chi connectivity index (χ4v) is 11.2. The maximum atomic E-state index is 15.0. The van der Waals surface area contributed by atoms with Gasteiger partial charge in [0, 0.05) is 0 Å². The second-order valence-corrected chi connectivity index (χ2v) is 21.6. The zero-order chi connectivity index (χ0) is 28.5. The molecule has 206 valence electrons. The zero-order valence-corrected chi connectivity index (χ0v) is 29.2. The molecule has 0 radical (unpaired) electrons. The van der Waals surface area contributed by atoms with Gasteiger partial charge in [0.15, 0.2) is 0 Å². The molecule has 0 fully saturated rings. The second kappa shape index (κ2) is 12.1. The zero-order valence-electron chi connectivity index (χ0n) is 24.0. The summed E-state index contributed by atoms with van der Waals surface area (Å²) in [5.41, 5.74) is 5.23. The van der Waals surface area contributed by atoms with E-state index in [1.54, 1.807) is 12.1 Å². The van der Waals surface area contributed by atoms with Gasteiger partial charge in [0.25, 0.3) is 0 Å². The van der Waals surface area contributed by atoms with Crippen LogP contribution in [0.25, 0.3) is 10.1 Å². The van der Waals surface area contributed by atoms with E-state index < -0.39 is 8.32 Å². The van der Waals surface area contributed by atoms with Crippen LogP contribution in [0.3, 0.4) is 0 Å². The molecule has 0 bridgehead atoms. The predicted octanol–water partition coefficient (Wildman–Crippen LogP) is 8.22. The Labute approximate surface area is 251 Å². The average Bonchev–Trinajstić information content (AvgIpc) is 3.23. The van der Waals surface area contributed by atoms with Gasteiger partial charge in [0.2, 0.25) is 0 Å². The third kappa shape index (κ3) is 7.17. The predicted molar refractivity (Wildman–Crippen MR) is 168 cm³/mol. The van der Waals surface area contributed by atoms with Crippen molar-refractivity contribution in [3.05, 3.63) is 98.3 Å². The van der Waals surface area contributed by atoms with Crippen molar-refractivity contribution in [2.75, 3.05) is 0 Å². The molecule has 0 saturated heterocycles. The Hall–Kier alpha value is -1.65. The third-order valence-corrected chi connectivity index (χ3v) is 18.2. The summed E-state index contributed by atoms with van der Waals surface area (Å²) in [7, 11) is -1.94. The molecule has 0 amide bonds. The summed E-state index contributed by atoms with van der Waals surface area (Å²) in [6.07, 6.45) is 0.567. The first-order chi connectivity index (χ1) is 18.2. The molecule has 0 aliphatic carbocycles. The number of hydrogen-bond acceptors (Lipinski definition) is 2. The molecule has 2 nitrogen and oxygen atoms in total. The molecule has 0 N–H and O–H groups in total. The summed E-state index contributed by atoms with van der Waals surface area (Å²) in [6, 6.07) is 20.2. The van der Waals surface area contributed by atoms with Gasteiger partial charge < -0.3 is 0 Å². The first-order valence-corrected chi connectivity index (χ1v) is 20.0. The first-order valence-electron chi connectivity index (χ1n) is 13.2. The molecule has 0 saturated carbocycles. The van der Waals surface area contributed by atoms with Gasteiger partial charge in [-0.15, -0.1) is 0 Å². The number of rotatable bonds is 8. The molecule has 1 atom stereocenters. The molecular weight excluding hydrogens is 655 g/mol. The van der Waals surface area contributed by atoms with E-state index >= 15 is 0 Å². The Morgan fingerprint density at radius 3 is 2.33 bits per heavy atom. The Morgan fingerprint density at radius 1 is 1.03 bits per heavy atom. The van der Waals surface area contributed by atoms with Gasteiger partial charge in [-0.1, -0.05) is 0 Å². The normalized spacial score (nSPS) is 13.0. The van der Waals surface area contributed by atoms with Crippen LogP contribution in [0.15, 0.2) is 60.7 Å². The summed E-state index contributed by atoms with van der Waals surface area (Å²) in [6.45, 7) is 17.7. The molecule has 1 unspecified atom stereocenters. The Morgan fingerprint density at radius 2 is 1.72 bits per heavy atom. The quantitative estimate of drug-likeness (QED) is 0.174. The summed E-state index contributed by atoms with van der Waals surface area (Å²) < 4.78 is 25.3. The molecule has 3 aromatic carbocycles. The van der Waals surface area contributed by atoms with Gasteiger partial charge in [-0.05, 0) is 0 Å². The van der Waals surface area contributed by atoms with Gasteiger partial charge in [0.05, 0.1) is 0 Å². The maximum absolute atomic E-state index is 15.0. The Balaban J connectivity index is 1.69. The number of benzene rings is 3. The van der Waals surface area contributed by atoms with Crippen LogP contribution in [0, 0.1) is 26.6 Å². The van der Waals surface area contributed by atoms with Gasteiger partial charge in [0.1, 0.15) is 0 Å². The van der Waals surface area contributed by atoms with E-state index in [2.05, 4.69) is 97.1 Å². The minimum atomic E-state index is -1.94. The minimum absolute atomic E-state index is 0.0580. The van der Waals surface area contributed by atoms with Gasteiger partial charge in [-0.25, -0.2) is 0 Å². The van der Waals surface area contributed by atoms with Gasteiger partial charge >= 0.3 is 253 Å². The van der Waals surface area contributed by atoms with Gasteiger partial charge in [-0.3, -0.25) is 0 Å².